The van der Waals surface area contributed by atoms with Gasteiger partial charge in [-0.05, 0) is 38.2 Å². The summed E-state index contributed by atoms with van der Waals surface area (Å²) in [6, 6.07) is 8.93. The van der Waals surface area contributed by atoms with E-state index in [2.05, 4.69) is 51.5 Å². The van der Waals surface area contributed by atoms with E-state index in [1.165, 1.54) is 17.5 Å². The quantitative estimate of drug-likeness (QED) is 0.747. The molecule has 0 bridgehead atoms. The van der Waals surface area contributed by atoms with Gasteiger partial charge in [0, 0.05) is 19.3 Å². The number of hydrogen-bond acceptors (Lipinski definition) is 6. The van der Waals surface area contributed by atoms with Crippen molar-refractivity contribution in [1.29, 1.82) is 0 Å². The molecular weight excluding hydrogens is 326 g/mol. The number of nitrogens with two attached hydrogens (primary N) is 1. The van der Waals surface area contributed by atoms with Gasteiger partial charge in [-0.2, -0.15) is 0 Å². The lowest BCUT2D eigenvalue weighted by atomic mass is 10.1. The summed E-state index contributed by atoms with van der Waals surface area (Å²) in [5.74, 6) is 1.19. The van der Waals surface area contributed by atoms with E-state index in [0.29, 0.717) is 18.0 Å². The molecule has 6 heteroatoms. The number of nitrogens with one attached hydrogen (secondary N) is 1. The van der Waals surface area contributed by atoms with Crippen LogP contribution in [0.4, 0.5) is 11.6 Å². The minimum absolute atomic E-state index is 0.291. The highest BCUT2D eigenvalue weighted by molar-refractivity contribution is 5.91. The predicted molar refractivity (Wildman–Crippen MR) is 106 cm³/mol. The van der Waals surface area contributed by atoms with Gasteiger partial charge in [0.25, 0.3) is 0 Å². The number of aromatic nitrogens is 2. The van der Waals surface area contributed by atoms with Crippen LogP contribution in [-0.4, -0.2) is 42.0 Å². The van der Waals surface area contributed by atoms with Gasteiger partial charge in [-0.15, -0.1) is 0 Å². The van der Waals surface area contributed by atoms with Crippen LogP contribution in [0.3, 0.4) is 0 Å². The molecule has 0 unspecified atom stereocenters. The zero-order valence-corrected chi connectivity index (χ0v) is 15.5. The molecule has 0 saturated heterocycles. The van der Waals surface area contributed by atoms with E-state index < -0.39 is 0 Å². The molecule has 0 aliphatic heterocycles. The summed E-state index contributed by atoms with van der Waals surface area (Å²) in [7, 11) is 1.71. The maximum absolute atomic E-state index is 6.09. The Morgan fingerprint density at radius 2 is 2.23 bits per heavy atom. The number of anilines is 2. The molecule has 1 saturated carbocycles. The highest BCUT2D eigenvalue weighted by Crippen LogP contribution is 2.26. The van der Waals surface area contributed by atoms with Gasteiger partial charge in [0.1, 0.15) is 18.0 Å². The normalized spacial score (nSPS) is 19.9. The zero-order chi connectivity index (χ0) is 18.4. The maximum atomic E-state index is 6.09. The second-order valence-corrected chi connectivity index (χ2v) is 6.79. The second kappa shape index (κ2) is 8.76. The van der Waals surface area contributed by atoms with Gasteiger partial charge in [-0.25, -0.2) is 9.97 Å². The molecule has 138 valence electrons. The van der Waals surface area contributed by atoms with Crippen molar-refractivity contribution in [3.8, 4) is 0 Å². The standard InChI is InChI=1S/C20H27N5O/c1-14-4-3-5-15(10-14)8-9-26-17-7-6-16(11-17)25-20-18(12-22-2)19(21)23-13-24-20/h3-5,10,12-13,16-17H,6-9,11H2,1-2H3,(H3,21,23,24,25)/b22-12-/t16-,17-/m0/s1. The molecule has 0 radical (unpaired) electrons. The van der Waals surface area contributed by atoms with Crippen LogP contribution in [0.2, 0.25) is 0 Å². The topological polar surface area (TPSA) is 85.4 Å². The summed E-state index contributed by atoms with van der Waals surface area (Å²) in [4.78, 5) is 12.4. The van der Waals surface area contributed by atoms with Crippen molar-refractivity contribution in [1.82, 2.24) is 9.97 Å². The van der Waals surface area contributed by atoms with E-state index in [-0.39, 0.29) is 0 Å². The van der Waals surface area contributed by atoms with E-state index in [9.17, 15) is 0 Å². The van der Waals surface area contributed by atoms with Crippen molar-refractivity contribution < 1.29 is 4.74 Å². The number of aliphatic imine (C=N–C) groups is 1. The summed E-state index contributed by atoms with van der Waals surface area (Å²) >= 11 is 0. The minimum Gasteiger partial charge on any atom is -0.383 e. The van der Waals surface area contributed by atoms with E-state index >= 15 is 0 Å². The number of benzene rings is 1. The van der Waals surface area contributed by atoms with Crippen LogP contribution in [0, 0.1) is 6.92 Å². The van der Waals surface area contributed by atoms with Gasteiger partial charge in [-0.3, -0.25) is 4.99 Å². The fourth-order valence-corrected chi connectivity index (χ4v) is 3.41. The molecule has 0 spiro atoms. The molecule has 1 aliphatic carbocycles. The fourth-order valence-electron chi connectivity index (χ4n) is 3.41. The van der Waals surface area contributed by atoms with Crippen molar-refractivity contribution >= 4 is 17.9 Å². The van der Waals surface area contributed by atoms with E-state index in [1.807, 2.05) is 0 Å². The highest BCUT2D eigenvalue weighted by atomic mass is 16.5. The molecule has 1 heterocycles. The van der Waals surface area contributed by atoms with E-state index in [4.69, 9.17) is 10.5 Å². The molecule has 2 atom stereocenters. The third-order valence-corrected chi connectivity index (χ3v) is 4.73. The third-order valence-electron chi connectivity index (χ3n) is 4.73. The van der Waals surface area contributed by atoms with Gasteiger partial charge in [0.05, 0.1) is 18.3 Å². The van der Waals surface area contributed by atoms with Crippen LogP contribution in [0.15, 0.2) is 35.6 Å². The lowest BCUT2D eigenvalue weighted by Gasteiger charge is -2.16. The van der Waals surface area contributed by atoms with Crippen molar-refractivity contribution in [2.75, 3.05) is 24.7 Å². The maximum Gasteiger partial charge on any atom is 0.140 e. The van der Waals surface area contributed by atoms with Crippen molar-refractivity contribution in [2.24, 2.45) is 4.99 Å². The first-order valence-electron chi connectivity index (χ1n) is 9.12. The van der Waals surface area contributed by atoms with Crippen molar-refractivity contribution in [3.63, 3.8) is 0 Å². The summed E-state index contributed by atoms with van der Waals surface area (Å²) in [6.45, 7) is 2.88. The lowest BCUT2D eigenvalue weighted by Crippen LogP contribution is -2.20. The molecule has 1 aromatic carbocycles. The Labute approximate surface area is 154 Å². The SMILES string of the molecule is C/N=C\c1c(N)ncnc1N[C@H]1CC[C@H](OCCc2cccc(C)c2)C1. The average Bonchev–Trinajstić information content (AvgIpc) is 3.05. The Balaban J connectivity index is 1.49. The van der Waals surface area contributed by atoms with Gasteiger partial charge < -0.3 is 15.8 Å². The van der Waals surface area contributed by atoms with E-state index in [0.717, 1.165) is 43.7 Å². The first-order chi connectivity index (χ1) is 12.7. The van der Waals surface area contributed by atoms with Crippen LogP contribution in [-0.2, 0) is 11.2 Å². The molecular formula is C20H27N5O. The first kappa shape index (κ1) is 18.3. The Morgan fingerprint density at radius 1 is 1.35 bits per heavy atom. The molecule has 0 amide bonds. The van der Waals surface area contributed by atoms with Crippen molar-refractivity contribution in [3.05, 3.63) is 47.3 Å². The number of ether oxygens (including phenoxy) is 1. The lowest BCUT2D eigenvalue weighted by molar-refractivity contribution is 0.0601. The van der Waals surface area contributed by atoms with Crippen LogP contribution in [0.25, 0.3) is 0 Å². The molecule has 3 N–H and O–H groups in total. The van der Waals surface area contributed by atoms with E-state index in [1.54, 1.807) is 13.3 Å². The Hall–Kier alpha value is -2.47. The number of nitrogens with zero attached hydrogens (tertiary/aromatic N) is 3. The van der Waals surface area contributed by atoms with Crippen molar-refractivity contribution in [2.45, 2.75) is 44.8 Å². The summed E-state index contributed by atoms with van der Waals surface area (Å²) < 4.78 is 6.09. The minimum atomic E-state index is 0.291. The Bertz CT molecular complexity index is 762. The van der Waals surface area contributed by atoms with Gasteiger partial charge in [0.15, 0.2) is 0 Å². The third kappa shape index (κ3) is 4.79. The smallest absolute Gasteiger partial charge is 0.140 e. The average molecular weight is 353 g/mol. The summed E-state index contributed by atoms with van der Waals surface area (Å²) in [5.41, 5.74) is 9.31. The molecule has 1 aliphatic rings. The number of rotatable bonds is 7. The van der Waals surface area contributed by atoms with Crippen LogP contribution in [0.1, 0.15) is 36.0 Å². The molecule has 1 fully saturated rings. The van der Waals surface area contributed by atoms with Crippen LogP contribution < -0.4 is 11.1 Å². The number of nitrogen functional groups attached to an aromatic ring is 1. The zero-order valence-electron chi connectivity index (χ0n) is 15.5. The van der Waals surface area contributed by atoms with Crippen LogP contribution >= 0.6 is 0 Å². The van der Waals surface area contributed by atoms with Gasteiger partial charge >= 0.3 is 0 Å². The molecule has 3 rings (SSSR count). The molecule has 1 aromatic heterocycles. The first-order valence-corrected chi connectivity index (χ1v) is 9.12. The van der Waals surface area contributed by atoms with Gasteiger partial charge in [-0.1, -0.05) is 29.8 Å². The summed E-state index contributed by atoms with van der Waals surface area (Å²) in [6.07, 6.45) is 7.51. The summed E-state index contributed by atoms with van der Waals surface area (Å²) in [5, 5.41) is 3.48. The highest BCUT2D eigenvalue weighted by Gasteiger charge is 2.26. The molecule has 2 aromatic rings. The Morgan fingerprint density at radius 3 is 3.04 bits per heavy atom. The Kier molecular flexibility index (Phi) is 6.17. The fraction of sp³-hybridized carbons (Fsp3) is 0.450. The van der Waals surface area contributed by atoms with Crippen LogP contribution in [0.5, 0.6) is 0 Å². The molecule has 6 nitrogen and oxygen atoms in total. The number of aryl methyl sites for hydroxylation is 1. The van der Waals surface area contributed by atoms with Gasteiger partial charge in [0.2, 0.25) is 0 Å². The number of hydrogen-bond donors (Lipinski definition) is 2. The monoisotopic (exact) mass is 353 g/mol. The second-order valence-electron chi connectivity index (χ2n) is 6.79. The molecule has 26 heavy (non-hydrogen) atoms. The largest absolute Gasteiger partial charge is 0.383 e. The predicted octanol–water partition coefficient (Wildman–Crippen LogP) is 3.01.